The Morgan fingerprint density at radius 1 is 1.15 bits per heavy atom. The van der Waals surface area contributed by atoms with Crippen molar-refractivity contribution in [1.29, 1.82) is 0 Å². The molecule has 0 saturated carbocycles. The number of carbonyl (C=O) groups is 2. The smallest absolute Gasteiger partial charge is 0.261 e. The molecule has 1 heterocycles. The predicted molar refractivity (Wildman–Crippen MR) is 81.3 cm³/mol. The molecule has 0 atom stereocenters. The van der Waals surface area contributed by atoms with E-state index in [0.29, 0.717) is 11.3 Å². The Balaban J connectivity index is 2.44. The molecule has 0 spiro atoms. The Morgan fingerprint density at radius 3 is 2.35 bits per heavy atom. The number of imide groups is 1. The highest BCUT2D eigenvalue weighted by molar-refractivity contribution is 6.24. The van der Waals surface area contributed by atoms with E-state index in [1.807, 2.05) is 0 Å². The van der Waals surface area contributed by atoms with Crippen LogP contribution in [0.2, 0.25) is 0 Å². The number of halogens is 1. The van der Waals surface area contributed by atoms with Crippen molar-refractivity contribution in [2.75, 3.05) is 12.4 Å². The first-order valence-electron chi connectivity index (χ1n) is 6.83. The molecule has 0 radical (unpaired) electrons. The van der Waals surface area contributed by atoms with E-state index in [1.54, 1.807) is 6.08 Å². The average molecular weight is 297 g/mol. The van der Waals surface area contributed by atoms with Crippen molar-refractivity contribution in [3.05, 3.63) is 36.1 Å². The fourth-order valence-corrected chi connectivity index (χ4v) is 2.20. The molecule has 2 amide bonds. The molecule has 0 aromatic heterocycles. The maximum absolute atomic E-state index is 11.7. The summed E-state index contributed by atoms with van der Waals surface area (Å²) in [7, 11) is 0. The van der Waals surface area contributed by atoms with Crippen LogP contribution in [0.4, 0.5) is 0 Å². The van der Waals surface area contributed by atoms with Gasteiger partial charge in [-0.05, 0) is 18.9 Å². The van der Waals surface area contributed by atoms with Gasteiger partial charge in [0.2, 0.25) is 0 Å². The van der Waals surface area contributed by atoms with Crippen molar-refractivity contribution in [3.63, 3.8) is 0 Å². The normalized spacial score (nSPS) is 17.1. The molecule has 1 saturated heterocycles. The number of carbonyl (C=O) groups excluding carboxylic acids is 2. The number of unbranched alkanes of at least 4 members (excludes halogenated alkanes) is 4. The minimum Gasteiger partial charge on any atom is -0.384 e. The summed E-state index contributed by atoms with van der Waals surface area (Å²) in [6, 6.07) is 0. The highest BCUT2D eigenvalue weighted by Gasteiger charge is 2.30. The van der Waals surface area contributed by atoms with E-state index >= 15 is 0 Å². The predicted octanol–water partition coefficient (Wildman–Crippen LogP) is 2.42. The number of hydrogen-bond acceptors (Lipinski definition) is 3. The van der Waals surface area contributed by atoms with Gasteiger partial charge in [0, 0.05) is 23.7 Å². The first kappa shape index (κ1) is 16.5. The topological polar surface area (TPSA) is 58.2 Å². The van der Waals surface area contributed by atoms with E-state index in [0.717, 1.165) is 44.5 Å². The van der Waals surface area contributed by atoms with E-state index in [9.17, 15) is 9.59 Å². The first-order valence-corrected chi connectivity index (χ1v) is 7.36. The van der Waals surface area contributed by atoms with Gasteiger partial charge in [0.1, 0.15) is 0 Å². The molecular weight excluding hydrogens is 276 g/mol. The zero-order valence-corrected chi connectivity index (χ0v) is 12.4. The molecule has 0 aliphatic carbocycles. The fraction of sp³-hybridized carbons (Fsp3) is 0.467. The van der Waals surface area contributed by atoms with Gasteiger partial charge in [0.25, 0.3) is 11.8 Å². The van der Waals surface area contributed by atoms with Crippen LogP contribution in [0.1, 0.15) is 32.1 Å². The Kier molecular flexibility index (Phi) is 7.09. The van der Waals surface area contributed by atoms with Crippen molar-refractivity contribution >= 4 is 23.4 Å². The van der Waals surface area contributed by atoms with Gasteiger partial charge >= 0.3 is 0 Å². The standard InChI is InChI=1S/C15H21ClN2O2/c1-3-12(13-11(2)14(19)18-15(13)20)17-10-8-6-4-5-7-9-16/h3,17H,1-2,4-10H2,(H,18,19,20)/b13-12-. The van der Waals surface area contributed by atoms with Crippen molar-refractivity contribution in [3.8, 4) is 0 Å². The molecule has 1 aliphatic heterocycles. The summed E-state index contributed by atoms with van der Waals surface area (Å²) in [5, 5.41) is 5.37. The quantitative estimate of drug-likeness (QED) is 0.297. The molecule has 0 bridgehead atoms. The third-order valence-electron chi connectivity index (χ3n) is 3.13. The monoisotopic (exact) mass is 296 g/mol. The third kappa shape index (κ3) is 4.53. The summed E-state index contributed by atoms with van der Waals surface area (Å²) >= 11 is 5.61. The average Bonchev–Trinajstić information content (AvgIpc) is 2.68. The Morgan fingerprint density at radius 2 is 1.80 bits per heavy atom. The van der Waals surface area contributed by atoms with Crippen LogP contribution >= 0.6 is 11.6 Å². The summed E-state index contributed by atoms with van der Waals surface area (Å²) < 4.78 is 0. The maximum atomic E-state index is 11.7. The highest BCUT2D eigenvalue weighted by atomic mass is 35.5. The van der Waals surface area contributed by atoms with E-state index in [-0.39, 0.29) is 5.57 Å². The Hall–Kier alpha value is -1.55. The van der Waals surface area contributed by atoms with Crippen LogP contribution in [0.5, 0.6) is 0 Å². The minimum absolute atomic E-state index is 0.194. The molecule has 20 heavy (non-hydrogen) atoms. The number of allylic oxidation sites excluding steroid dienone is 1. The zero-order chi connectivity index (χ0) is 15.0. The number of hydrogen-bond donors (Lipinski definition) is 2. The Bertz CT molecular complexity index is 441. The van der Waals surface area contributed by atoms with Gasteiger partial charge in [0.05, 0.1) is 5.57 Å². The van der Waals surface area contributed by atoms with Crippen LogP contribution in [-0.4, -0.2) is 24.2 Å². The van der Waals surface area contributed by atoms with Gasteiger partial charge < -0.3 is 5.32 Å². The SMILES string of the molecule is C=C/C(NCCCCCCCCl)=C1\C(=C)C(=O)NC1=O. The largest absolute Gasteiger partial charge is 0.384 e. The molecule has 1 fully saturated rings. The van der Waals surface area contributed by atoms with Crippen LogP contribution in [-0.2, 0) is 9.59 Å². The van der Waals surface area contributed by atoms with Crippen LogP contribution in [0.15, 0.2) is 36.1 Å². The first-order chi connectivity index (χ1) is 9.61. The van der Waals surface area contributed by atoms with Crippen molar-refractivity contribution in [1.82, 2.24) is 10.6 Å². The van der Waals surface area contributed by atoms with Crippen molar-refractivity contribution in [2.24, 2.45) is 0 Å². The van der Waals surface area contributed by atoms with Crippen LogP contribution in [0, 0.1) is 0 Å². The van der Waals surface area contributed by atoms with E-state index in [2.05, 4.69) is 23.8 Å². The van der Waals surface area contributed by atoms with Crippen LogP contribution in [0.3, 0.4) is 0 Å². The lowest BCUT2D eigenvalue weighted by atomic mass is 10.1. The van der Waals surface area contributed by atoms with Gasteiger partial charge in [-0.2, -0.15) is 0 Å². The fourth-order valence-electron chi connectivity index (χ4n) is 2.01. The number of amides is 2. The number of nitrogens with one attached hydrogen (secondary N) is 2. The highest BCUT2D eigenvalue weighted by Crippen LogP contribution is 2.19. The second kappa shape index (κ2) is 8.59. The molecule has 110 valence electrons. The van der Waals surface area contributed by atoms with Crippen molar-refractivity contribution < 1.29 is 9.59 Å². The third-order valence-corrected chi connectivity index (χ3v) is 3.40. The summed E-state index contributed by atoms with van der Waals surface area (Å²) in [5.74, 6) is -0.132. The van der Waals surface area contributed by atoms with Crippen molar-refractivity contribution in [2.45, 2.75) is 32.1 Å². The van der Waals surface area contributed by atoms with Gasteiger partial charge in [-0.3, -0.25) is 14.9 Å². The second-order valence-electron chi connectivity index (χ2n) is 4.64. The molecule has 5 heteroatoms. The lowest BCUT2D eigenvalue weighted by Crippen LogP contribution is -2.22. The molecule has 2 N–H and O–H groups in total. The lowest BCUT2D eigenvalue weighted by molar-refractivity contribution is -0.123. The number of rotatable bonds is 9. The molecule has 1 rings (SSSR count). The van der Waals surface area contributed by atoms with Gasteiger partial charge in [-0.1, -0.05) is 32.4 Å². The summed E-state index contributed by atoms with van der Waals surface area (Å²) in [4.78, 5) is 23.0. The molecule has 0 unspecified atom stereocenters. The Labute approximate surface area is 124 Å². The maximum Gasteiger partial charge on any atom is 0.261 e. The second-order valence-corrected chi connectivity index (χ2v) is 5.02. The van der Waals surface area contributed by atoms with Gasteiger partial charge in [0.15, 0.2) is 0 Å². The van der Waals surface area contributed by atoms with E-state index in [4.69, 9.17) is 11.6 Å². The zero-order valence-electron chi connectivity index (χ0n) is 11.6. The van der Waals surface area contributed by atoms with Crippen LogP contribution in [0.25, 0.3) is 0 Å². The van der Waals surface area contributed by atoms with E-state index < -0.39 is 11.8 Å². The minimum atomic E-state index is -0.438. The van der Waals surface area contributed by atoms with Gasteiger partial charge in [-0.25, -0.2) is 0 Å². The molecule has 0 aromatic carbocycles. The van der Waals surface area contributed by atoms with E-state index in [1.165, 1.54) is 0 Å². The molecule has 0 aromatic rings. The molecular formula is C15H21ClN2O2. The summed E-state index contributed by atoms with van der Waals surface area (Å²) in [6.45, 7) is 8.03. The molecule has 4 nitrogen and oxygen atoms in total. The summed E-state index contributed by atoms with van der Waals surface area (Å²) in [6.07, 6.45) is 7.00. The molecule has 1 aliphatic rings. The summed E-state index contributed by atoms with van der Waals surface area (Å²) in [5.41, 5.74) is 1.06. The van der Waals surface area contributed by atoms with Gasteiger partial charge in [-0.15, -0.1) is 11.6 Å². The number of alkyl halides is 1. The lowest BCUT2D eigenvalue weighted by Gasteiger charge is -2.09. The van der Waals surface area contributed by atoms with Crippen LogP contribution < -0.4 is 10.6 Å².